The lowest BCUT2D eigenvalue weighted by Gasteiger charge is -2.11. The van der Waals surface area contributed by atoms with Gasteiger partial charge < -0.3 is 25.3 Å². The minimum Gasteiger partial charge on any atom is -0.507 e. The summed E-state index contributed by atoms with van der Waals surface area (Å²) in [5, 5.41) is 14.3. The molecule has 0 bridgehead atoms. The molecule has 29 heavy (non-hydrogen) atoms. The molecule has 4 N–H and O–H groups in total. The number of halogens is 2. The summed E-state index contributed by atoms with van der Waals surface area (Å²) in [5.41, 5.74) is 6.67. The van der Waals surface area contributed by atoms with Crippen LogP contribution < -0.4 is 21.4 Å². The fourth-order valence-corrected chi connectivity index (χ4v) is 3.28. The Morgan fingerprint density at radius 3 is 2.48 bits per heavy atom. The van der Waals surface area contributed by atoms with E-state index in [9.17, 15) is 9.90 Å². The normalized spacial score (nSPS) is 10.8. The van der Waals surface area contributed by atoms with Crippen LogP contribution in [-0.2, 0) is 0 Å². The van der Waals surface area contributed by atoms with Gasteiger partial charge in [0.25, 0.3) is 0 Å². The Hall–Kier alpha value is -3.42. The average Bonchev–Trinajstić information content (AvgIpc) is 2.59. The zero-order chi connectivity index (χ0) is 20.5. The van der Waals surface area contributed by atoms with Gasteiger partial charge in [0.1, 0.15) is 22.9 Å². The number of hydrogen-bond acceptors (Lipinski definition) is 7. The Balaban J connectivity index is 1.64. The molecular weight excluding hydrogens is 417 g/mol. The summed E-state index contributed by atoms with van der Waals surface area (Å²) in [4.78, 5) is 15.6. The summed E-state index contributed by atoms with van der Waals surface area (Å²) in [6, 6.07) is 14.0. The predicted molar refractivity (Wildman–Crippen MR) is 113 cm³/mol. The van der Waals surface area contributed by atoms with Crippen LogP contribution in [0.4, 0.5) is 17.2 Å². The molecule has 0 aliphatic heterocycles. The van der Waals surface area contributed by atoms with Crippen LogP contribution in [0.3, 0.4) is 0 Å². The van der Waals surface area contributed by atoms with Crippen LogP contribution in [0.1, 0.15) is 0 Å². The molecule has 2 heterocycles. The molecule has 0 unspecified atom stereocenters. The molecule has 7 nitrogen and oxygen atoms in total. The number of aromatic nitrogens is 1. The summed E-state index contributed by atoms with van der Waals surface area (Å²) in [7, 11) is 0. The molecule has 0 atom stereocenters. The van der Waals surface area contributed by atoms with Gasteiger partial charge in [-0.1, -0.05) is 23.2 Å². The largest absolute Gasteiger partial charge is 0.507 e. The van der Waals surface area contributed by atoms with Gasteiger partial charge in [0.15, 0.2) is 0 Å². The Morgan fingerprint density at radius 1 is 1.00 bits per heavy atom. The lowest BCUT2D eigenvalue weighted by molar-refractivity contribution is 0.458. The Morgan fingerprint density at radius 2 is 1.72 bits per heavy atom. The smallest absolute Gasteiger partial charge is 0.339 e. The van der Waals surface area contributed by atoms with Crippen molar-refractivity contribution in [2.24, 2.45) is 0 Å². The molecule has 0 aliphatic carbocycles. The number of rotatable bonds is 4. The van der Waals surface area contributed by atoms with Crippen LogP contribution in [0.2, 0.25) is 10.0 Å². The number of nitrogens with one attached hydrogen (secondary N) is 1. The zero-order valence-corrected chi connectivity index (χ0v) is 16.2. The zero-order valence-electron chi connectivity index (χ0n) is 14.6. The lowest BCUT2D eigenvalue weighted by Crippen LogP contribution is -1.98. The van der Waals surface area contributed by atoms with Crippen molar-refractivity contribution in [2.75, 3.05) is 11.1 Å². The van der Waals surface area contributed by atoms with Crippen LogP contribution in [0, 0.1) is 0 Å². The highest BCUT2D eigenvalue weighted by Gasteiger charge is 2.09. The van der Waals surface area contributed by atoms with E-state index in [2.05, 4.69) is 10.3 Å². The first kappa shape index (κ1) is 18.9. The second kappa shape index (κ2) is 7.54. The van der Waals surface area contributed by atoms with Crippen LogP contribution in [0.25, 0.3) is 11.0 Å². The van der Waals surface area contributed by atoms with Crippen LogP contribution in [0.15, 0.2) is 63.8 Å². The molecule has 0 fully saturated rings. The first-order chi connectivity index (χ1) is 13.9. The van der Waals surface area contributed by atoms with E-state index in [1.165, 1.54) is 6.07 Å². The number of ether oxygens (including phenoxy) is 1. The third-order valence-corrected chi connectivity index (χ3v) is 4.33. The number of fused-ring (bicyclic) bond motifs is 1. The minimum absolute atomic E-state index is 0.170. The van der Waals surface area contributed by atoms with E-state index in [4.69, 9.17) is 38.1 Å². The van der Waals surface area contributed by atoms with E-state index in [1.807, 2.05) is 0 Å². The van der Waals surface area contributed by atoms with Crippen molar-refractivity contribution in [1.29, 1.82) is 0 Å². The van der Waals surface area contributed by atoms with Crippen molar-refractivity contribution in [1.82, 2.24) is 4.98 Å². The Kier molecular flexibility index (Phi) is 4.92. The molecule has 0 saturated carbocycles. The quantitative estimate of drug-likeness (QED) is 0.376. The fraction of sp³-hybridized carbons (Fsp3) is 0. The highest BCUT2D eigenvalue weighted by atomic mass is 35.5. The lowest BCUT2D eigenvalue weighted by atomic mass is 10.2. The highest BCUT2D eigenvalue weighted by molar-refractivity contribution is 6.35. The number of nitrogens with zero attached hydrogens (tertiary/aromatic N) is 1. The van der Waals surface area contributed by atoms with Crippen molar-refractivity contribution in [3.8, 4) is 17.4 Å². The summed E-state index contributed by atoms with van der Waals surface area (Å²) < 4.78 is 10.8. The van der Waals surface area contributed by atoms with Gasteiger partial charge >= 0.3 is 5.63 Å². The number of hydrogen-bond donors (Lipinski definition) is 3. The van der Waals surface area contributed by atoms with Gasteiger partial charge in [-0.05, 0) is 30.3 Å². The van der Waals surface area contributed by atoms with Crippen molar-refractivity contribution >= 4 is 51.4 Å². The maximum atomic E-state index is 11.5. The second-order valence-corrected chi connectivity index (χ2v) is 6.99. The van der Waals surface area contributed by atoms with Gasteiger partial charge in [-0.15, -0.1) is 0 Å². The number of pyridine rings is 1. The molecule has 0 amide bonds. The fourth-order valence-electron chi connectivity index (χ4n) is 2.75. The second-order valence-electron chi connectivity index (χ2n) is 6.11. The molecule has 2 aromatic carbocycles. The summed E-state index contributed by atoms with van der Waals surface area (Å²) in [5.74, 6) is 0.614. The molecular formula is C20H13Cl2N3O4. The molecule has 146 valence electrons. The summed E-state index contributed by atoms with van der Waals surface area (Å²) >= 11 is 12.0. The highest BCUT2D eigenvalue weighted by Crippen LogP contribution is 2.31. The maximum Gasteiger partial charge on any atom is 0.339 e. The van der Waals surface area contributed by atoms with Gasteiger partial charge in [0.2, 0.25) is 5.88 Å². The van der Waals surface area contributed by atoms with Gasteiger partial charge in [0.05, 0.1) is 11.5 Å². The number of nitrogen functional groups attached to an aromatic ring is 1. The van der Waals surface area contributed by atoms with Crippen molar-refractivity contribution in [3.63, 3.8) is 0 Å². The first-order valence-electron chi connectivity index (χ1n) is 8.31. The summed E-state index contributed by atoms with van der Waals surface area (Å²) in [6.07, 6.45) is 0. The minimum atomic E-state index is -0.666. The summed E-state index contributed by atoms with van der Waals surface area (Å²) in [6.45, 7) is 0. The number of aromatic hydroxyl groups is 1. The third kappa shape index (κ3) is 4.37. The molecule has 2 aromatic heterocycles. The van der Waals surface area contributed by atoms with E-state index in [0.29, 0.717) is 32.6 Å². The maximum absolute atomic E-state index is 11.5. The monoisotopic (exact) mass is 429 g/mol. The van der Waals surface area contributed by atoms with Gasteiger partial charge in [-0.3, -0.25) is 0 Å². The Bertz CT molecular complexity index is 1270. The van der Waals surface area contributed by atoms with Gasteiger partial charge in [0, 0.05) is 39.6 Å². The number of benzene rings is 2. The van der Waals surface area contributed by atoms with Crippen LogP contribution in [0.5, 0.6) is 17.4 Å². The first-order valence-corrected chi connectivity index (χ1v) is 9.07. The van der Waals surface area contributed by atoms with E-state index in [0.717, 1.165) is 6.07 Å². The van der Waals surface area contributed by atoms with Crippen LogP contribution >= 0.6 is 23.2 Å². The molecule has 0 radical (unpaired) electrons. The number of nitrogens with two attached hydrogens (primary N) is 1. The van der Waals surface area contributed by atoms with Crippen molar-refractivity contribution in [2.45, 2.75) is 0 Å². The van der Waals surface area contributed by atoms with Crippen molar-refractivity contribution in [3.05, 3.63) is 75.1 Å². The molecule has 4 aromatic rings. The molecule has 0 aliphatic rings. The SMILES string of the molecule is Nc1cc(Nc2cc(Cl)cc(Cl)c2)cc(Oc2ccc3c(O)cc(=O)oc3c2)n1. The topological polar surface area (TPSA) is 111 Å². The predicted octanol–water partition coefficient (Wildman–Crippen LogP) is 5.32. The third-order valence-electron chi connectivity index (χ3n) is 3.89. The van der Waals surface area contributed by atoms with E-state index >= 15 is 0 Å². The van der Waals surface area contributed by atoms with Crippen LogP contribution in [-0.4, -0.2) is 10.1 Å². The van der Waals surface area contributed by atoms with E-state index in [-0.39, 0.29) is 23.0 Å². The van der Waals surface area contributed by atoms with E-state index in [1.54, 1.807) is 42.5 Å². The van der Waals surface area contributed by atoms with Gasteiger partial charge in [-0.2, -0.15) is 4.98 Å². The van der Waals surface area contributed by atoms with Crippen molar-refractivity contribution < 1.29 is 14.3 Å². The molecule has 4 rings (SSSR count). The standard InChI is InChI=1S/C20H13Cl2N3O4/c21-10-3-11(22)5-12(4-10)24-13-6-18(23)25-19(7-13)28-14-1-2-15-16(26)9-20(27)29-17(15)8-14/h1-9,26H,(H3,23,24,25). The molecule has 0 saturated heterocycles. The van der Waals surface area contributed by atoms with Gasteiger partial charge in [-0.25, -0.2) is 4.79 Å². The average molecular weight is 430 g/mol. The van der Waals surface area contributed by atoms with E-state index < -0.39 is 5.63 Å². The molecule has 9 heteroatoms. The number of anilines is 3. The molecule has 0 spiro atoms. The Labute approximate surface area is 174 Å².